The Morgan fingerprint density at radius 2 is 2.29 bits per heavy atom. The minimum absolute atomic E-state index is 0.305. The van der Waals surface area contributed by atoms with Crippen LogP contribution in [0, 0.1) is 0 Å². The summed E-state index contributed by atoms with van der Waals surface area (Å²) in [4.78, 5) is 3.98. The third kappa shape index (κ3) is 5.34. The van der Waals surface area contributed by atoms with Gasteiger partial charge in [-0.2, -0.15) is 8.78 Å². The van der Waals surface area contributed by atoms with Crippen LogP contribution in [0.2, 0.25) is 4.34 Å². The van der Waals surface area contributed by atoms with Crippen LogP contribution in [0.4, 0.5) is 8.78 Å². The molecule has 0 unspecified atom stereocenters. The van der Waals surface area contributed by atoms with E-state index >= 15 is 0 Å². The third-order valence-electron chi connectivity index (χ3n) is 1.29. The Morgan fingerprint density at radius 1 is 1.57 bits per heavy atom. The van der Waals surface area contributed by atoms with Gasteiger partial charge in [-0.1, -0.05) is 34.7 Å². The summed E-state index contributed by atoms with van der Waals surface area (Å²) in [5.74, 6) is 0.576. The number of hydrogen-bond donors (Lipinski definition) is 0. The van der Waals surface area contributed by atoms with Gasteiger partial charge in [0.1, 0.15) is 4.34 Å². The molecule has 0 bridgehead atoms. The fourth-order valence-corrected chi connectivity index (χ4v) is 3.00. The van der Waals surface area contributed by atoms with Crippen molar-refractivity contribution in [3.63, 3.8) is 0 Å². The zero-order valence-corrected chi connectivity index (χ0v) is 10.1. The van der Waals surface area contributed by atoms with Crippen molar-refractivity contribution in [1.82, 2.24) is 4.98 Å². The Labute approximate surface area is 98.8 Å². The number of thiazole rings is 1. The van der Waals surface area contributed by atoms with Crippen molar-refractivity contribution in [3.8, 4) is 0 Å². The molecule has 0 aliphatic heterocycles. The first kappa shape index (κ1) is 12.5. The molecule has 14 heavy (non-hydrogen) atoms. The molecule has 0 radical (unpaired) electrons. The SMILES string of the molecule is FC(F)(Cl)CCCSc1ncc(Cl)s1. The standard InChI is InChI=1S/C7H7Cl2F2NS2/c8-5-4-12-6(14-5)13-3-1-2-7(9,10)11/h4H,1-3H2. The van der Waals surface area contributed by atoms with E-state index in [4.69, 9.17) is 23.2 Å². The van der Waals surface area contributed by atoms with E-state index in [1.807, 2.05) is 0 Å². The summed E-state index contributed by atoms with van der Waals surface area (Å²) < 4.78 is 25.8. The van der Waals surface area contributed by atoms with Crippen LogP contribution in [0.25, 0.3) is 0 Å². The van der Waals surface area contributed by atoms with Crippen LogP contribution in [0.3, 0.4) is 0 Å². The molecule has 0 saturated carbocycles. The molecule has 0 N–H and O–H groups in total. The largest absolute Gasteiger partial charge is 0.321 e. The lowest BCUT2D eigenvalue weighted by molar-refractivity contribution is 0.0857. The minimum atomic E-state index is -3.08. The van der Waals surface area contributed by atoms with Gasteiger partial charge < -0.3 is 0 Å². The Kier molecular flexibility index (Phi) is 4.90. The maximum atomic E-state index is 12.2. The molecule has 7 heteroatoms. The summed E-state index contributed by atoms with van der Waals surface area (Å²) in [6.07, 6.45) is 1.60. The number of thioether (sulfide) groups is 1. The molecule has 80 valence electrons. The molecule has 1 aromatic heterocycles. The van der Waals surface area contributed by atoms with Gasteiger partial charge >= 0.3 is 5.38 Å². The van der Waals surface area contributed by atoms with Gasteiger partial charge in [0, 0.05) is 12.2 Å². The second-order valence-corrected chi connectivity index (χ2v) is 6.05. The van der Waals surface area contributed by atoms with E-state index in [-0.39, 0.29) is 6.42 Å². The zero-order chi connectivity index (χ0) is 10.6. The van der Waals surface area contributed by atoms with E-state index in [1.165, 1.54) is 23.1 Å². The number of nitrogens with zero attached hydrogens (tertiary/aromatic N) is 1. The lowest BCUT2D eigenvalue weighted by Gasteiger charge is -2.05. The average Bonchev–Trinajstić information content (AvgIpc) is 2.44. The molecule has 1 aromatic rings. The van der Waals surface area contributed by atoms with Crippen molar-refractivity contribution in [2.75, 3.05) is 5.75 Å². The molecule has 0 aliphatic carbocycles. The van der Waals surface area contributed by atoms with E-state index in [1.54, 1.807) is 6.20 Å². The van der Waals surface area contributed by atoms with Gasteiger partial charge in [-0.3, -0.25) is 0 Å². The quantitative estimate of drug-likeness (QED) is 0.447. The molecule has 1 rings (SSSR count). The zero-order valence-electron chi connectivity index (χ0n) is 6.97. The molecule has 0 aliphatic rings. The van der Waals surface area contributed by atoms with E-state index in [0.29, 0.717) is 16.5 Å². The van der Waals surface area contributed by atoms with E-state index in [9.17, 15) is 8.78 Å². The Bertz CT molecular complexity index is 287. The summed E-state index contributed by atoms with van der Waals surface area (Å²) in [6, 6.07) is 0. The Balaban J connectivity index is 2.16. The maximum Gasteiger partial charge on any atom is 0.321 e. The summed E-state index contributed by atoms with van der Waals surface area (Å²) in [6.45, 7) is 0. The topological polar surface area (TPSA) is 12.9 Å². The second kappa shape index (κ2) is 5.49. The fraction of sp³-hybridized carbons (Fsp3) is 0.571. The maximum absolute atomic E-state index is 12.2. The highest BCUT2D eigenvalue weighted by molar-refractivity contribution is 8.01. The average molecular weight is 278 g/mol. The summed E-state index contributed by atoms with van der Waals surface area (Å²) in [7, 11) is 0. The molecule has 0 atom stereocenters. The predicted molar refractivity (Wildman–Crippen MR) is 57.9 cm³/mol. The van der Waals surface area contributed by atoms with Gasteiger partial charge in [0.15, 0.2) is 4.34 Å². The van der Waals surface area contributed by atoms with Crippen LogP contribution in [-0.4, -0.2) is 16.1 Å². The van der Waals surface area contributed by atoms with Crippen molar-refractivity contribution in [2.24, 2.45) is 0 Å². The van der Waals surface area contributed by atoms with Crippen LogP contribution in [0.1, 0.15) is 12.8 Å². The van der Waals surface area contributed by atoms with Crippen molar-refractivity contribution in [1.29, 1.82) is 0 Å². The highest BCUT2D eigenvalue weighted by Crippen LogP contribution is 2.30. The van der Waals surface area contributed by atoms with Gasteiger partial charge in [-0.15, -0.1) is 0 Å². The fourth-order valence-electron chi connectivity index (χ4n) is 0.738. The smallest absolute Gasteiger partial charge is 0.237 e. The van der Waals surface area contributed by atoms with Crippen LogP contribution in [0.15, 0.2) is 10.5 Å². The highest BCUT2D eigenvalue weighted by atomic mass is 35.5. The lowest BCUT2D eigenvalue weighted by Crippen LogP contribution is -2.05. The molecule has 1 heterocycles. The highest BCUT2D eigenvalue weighted by Gasteiger charge is 2.23. The van der Waals surface area contributed by atoms with E-state index in [2.05, 4.69) is 4.98 Å². The van der Waals surface area contributed by atoms with Gasteiger partial charge in [0.2, 0.25) is 0 Å². The molecule has 0 spiro atoms. The number of aromatic nitrogens is 1. The number of alkyl halides is 3. The summed E-state index contributed by atoms with van der Waals surface area (Å²) >= 11 is 13.1. The monoisotopic (exact) mass is 277 g/mol. The van der Waals surface area contributed by atoms with Gasteiger partial charge in [0.05, 0.1) is 6.20 Å². The number of rotatable bonds is 5. The lowest BCUT2D eigenvalue weighted by atomic mass is 10.3. The number of halogens is 4. The van der Waals surface area contributed by atoms with Gasteiger partial charge in [-0.05, 0) is 18.0 Å². The first-order chi connectivity index (χ1) is 6.47. The normalized spacial score (nSPS) is 12.0. The molecular formula is C7H7Cl2F2NS2. The van der Waals surface area contributed by atoms with Crippen LogP contribution < -0.4 is 0 Å². The molecule has 0 aromatic carbocycles. The van der Waals surface area contributed by atoms with Gasteiger partial charge in [0.25, 0.3) is 0 Å². The summed E-state index contributed by atoms with van der Waals surface area (Å²) in [5.41, 5.74) is 0. The van der Waals surface area contributed by atoms with Gasteiger partial charge in [-0.25, -0.2) is 4.98 Å². The first-order valence-electron chi connectivity index (χ1n) is 3.78. The van der Waals surface area contributed by atoms with Crippen molar-refractivity contribution < 1.29 is 8.78 Å². The Morgan fingerprint density at radius 3 is 2.79 bits per heavy atom. The second-order valence-electron chi connectivity index (χ2n) is 2.50. The van der Waals surface area contributed by atoms with Crippen LogP contribution in [-0.2, 0) is 0 Å². The third-order valence-corrected chi connectivity index (χ3v) is 3.83. The minimum Gasteiger partial charge on any atom is -0.237 e. The van der Waals surface area contributed by atoms with Crippen LogP contribution >= 0.6 is 46.3 Å². The molecule has 0 saturated heterocycles. The van der Waals surface area contributed by atoms with E-state index in [0.717, 1.165) is 4.34 Å². The molecule has 0 fully saturated rings. The predicted octanol–water partition coefficient (Wildman–Crippen LogP) is 4.50. The van der Waals surface area contributed by atoms with Crippen molar-refractivity contribution in [3.05, 3.63) is 10.5 Å². The summed E-state index contributed by atoms with van der Waals surface area (Å²) in [5, 5.41) is -3.08. The molecule has 1 nitrogen and oxygen atoms in total. The molecule has 0 amide bonds. The number of hydrogen-bond acceptors (Lipinski definition) is 3. The van der Waals surface area contributed by atoms with Crippen LogP contribution in [0.5, 0.6) is 0 Å². The van der Waals surface area contributed by atoms with E-state index < -0.39 is 5.38 Å². The molecular weight excluding hydrogens is 271 g/mol. The first-order valence-corrected chi connectivity index (χ1v) is 6.34. The Hall–Kier alpha value is 0.420. The van der Waals surface area contributed by atoms with Crippen molar-refractivity contribution >= 4 is 46.3 Å². The van der Waals surface area contributed by atoms with Crippen molar-refractivity contribution in [2.45, 2.75) is 22.6 Å².